The molecule has 8 nitrogen and oxygen atoms in total. The second-order valence-corrected chi connectivity index (χ2v) is 4.94. The van der Waals surface area contributed by atoms with Crippen LogP contribution in [0.15, 0.2) is 0 Å². The van der Waals surface area contributed by atoms with Crippen molar-refractivity contribution in [2.24, 2.45) is 0 Å². The lowest BCUT2D eigenvalue weighted by atomic mass is 10.3. The molecule has 1 rings (SSSR count). The van der Waals surface area contributed by atoms with Gasteiger partial charge in [0, 0.05) is 0 Å². The Morgan fingerprint density at radius 2 is 1.23 bits per heavy atom. The molecule has 22 heavy (non-hydrogen) atoms. The van der Waals surface area contributed by atoms with Crippen LogP contribution in [0.5, 0.6) is 0 Å². The predicted octanol–water partition coefficient (Wildman–Crippen LogP) is 1.55. The van der Waals surface area contributed by atoms with E-state index in [2.05, 4.69) is 9.97 Å². The van der Waals surface area contributed by atoms with Crippen molar-refractivity contribution in [1.29, 1.82) is 0 Å². The molecule has 2 unspecified atom stereocenters. The van der Waals surface area contributed by atoms with Gasteiger partial charge < -0.3 is 20.9 Å². The lowest BCUT2D eigenvalue weighted by Gasteiger charge is -2.14. The van der Waals surface area contributed by atoms with Crippen LogP contribution in [-0.4, -0.2) is 34.1 Å². The van der Waals surface area contributed by atoms with Gasteiger partial charge in [0.1, 0.15) is 0 Å². The van der Waals surface area contributed by atoms with Gasteiger partial charge in [0.2, 0.25) is 0 Å². The molecule has 0 fully saturated rings. The van der Waals surface area contributed by atoms with Crippen LogP contribution in [0.25, 0.3) is 0 Å². The van der Waals surface area contributed by atoms with E-state index in [1.54, 1.807) is 13.8 Å². The second kappa shape index (κ2) is 7.58. The van der Waals surface area contributed by atoms with Gasteiger partial charge in [-0.3, -0.25) is 0 Å². The summed E-state index contributed by atoms with van der Waals surface area (Å²) >= 11 is 0. The van der Waals surface area contributed by atoms with Crippen LogP contribution in [-0.2, 0) is 9.47 Å². The first-order valence-electron chi connectivity index (χ1n) is 7.15. The summed E-state index contributed by atoms with van der Waals surface area (Å²) in [5, 5.41) is 0. The normalized spacial score (nSPS) is 13.3. The van der Waals surface area contributed by atoms with Crippen molar-refractivity contribution in [3.05, 3.63) is 11.4 Å². The van der Waals surface area contributed by atoms with Crippen LogP contribution in [0.2, 0.25) is 0 Å². The van der Waals surface area contributed by atoms with Gasteiger partial charge in [-0.05, 0) is 26.7 Å². The molecule has 1 aromatic rings. The van der Waals surface area contributed by atoms with Crippen molar-refractivity contribution in [3.8, 4) is 0 Å². The SMILES string of the molecule is CCC(C)OC(=O)c1nc(N)c(C(=O)OC(C)CC)nc1N. The highest BCUT2D eigenvalue weighted by molar-refractivity contribution is 5.96. The third kappa shape index (κ3) is 4.31. The topological polar surface area (TPSA) is 130 Å². The number of carbonyl (C=O) groups is 2. The van der Waals surface area contributed by atoms with Gasteiger partial charge in [-0.2, -0.15) is 0 Å². The summed E-state index contributed by atoms with van der Waals surface area (Å²) in [6.45, 7) is 7.22. The Labute approximate surface area is 129 Å². The molecule has 0 amide bonds. The van der Waals surface area contributed by atoms with E-state index in [1.165, 1.54) is 0 Å². The van der Waals surface area contributed by atoms with Gasteiger partial charge in [0.05, 0.1) is 12.2 Å². The van der Waals surface area contributed by atoms with Crippen molar-refractivity contribution >= 4 is 23.6 Å². The summed E-state index contributed by atoms with van der Waals surface area (Å²) < 4.78 is 10.2. The Bertz CT molecular complexity index is 512. The van der Waals surface area contributed by atoms with Crippen molar-refractivity contribution in [3.63, 3.8) is 0 Å². The zero-order chi connectivity index (χ0) is 16.9. The minimum Gasteiger partial charge on any atom is -0.458 e. The van der Waals surface area contributed by atoms with Crippen molar-refractivity contribution < 1.29 is 19.1 Å². The molecule has 8 heteroatoms. The van der Waals surface area contributed by atoms with E-state index in [0.717, 1.165) is 0 Å². The first-order chi connectivity index (χ1) is 10.3. The molecular formula is C14H22N4O4. The molecule has 0 aromatic carbocycles. The maximum Gasteiger partial charge on any atom is 0.361 e. The smallest absolute Gasteiger partial charge is 0.361 e. The minimum absolute atomic E-state index is 0.210. The van der Waals surface area contributed by atoms with E-state index in [4.69, 9.17) is 20.9 Å². The van der Waals surface area contributed by atoms with Crippen LogP contribution in [0.4, 0.5) is 11.6 Å². The zero-order valence-corrected chi connectivity index (χ0v) is 13.3. The van der Waals surface area contributed by atoms with Crippen LogP contribution in [0.1, 0.15) is 61.5 Å². The Hall–Kier alpha value is -2.38. The Balaban J connectivity index is 3.01. The van der Waals surface area contributed by atoms with Gasteiger partial charge in [-0.1, -0.05) is 13.8 Å². The first kappa shape index (κ1) is 17.7. The van der Waals surface area contributed by atoms with Crippen LogP contribution in [0, 0.1) is 0 Å². The van der Waals surface area contributed by atoms with Crippen LogP contribution >= 0.6 is 0 Å². The number of nitrogen functional groups attached to an aromatic ring is 2. The van der Waals surface area contributed by atoms with E-state index in [-0.39, 0.29) is 35.2 Å². The molecule has 2 atom stereocenters. The molecule has 0 radical (unpaired) electrons. The summed E-state index contributed by atoms with van der Waals surface area (Å²) in [6, 6.07) is 0. The Morgan fingerprint density at radius 3 is 1.50 bits per heavy atom. The number of ether oxygens (including phenoxy) is 2. The molecule has 0 aliphatic rings. The number of aromatic nitrogens is 2. The number of carbonyl (C=O) groups excluding carboxylic acids is 2. The number of rotatable bonds is 6. The third-order valence-corrected chi connectivity index (χ3v) is 3.10. The van der Waals surface area contributed by atoms with Crippen LogP contribution in [0.3, 0.4) is 0 Å². The van der Waals surface area contributed by atoms with E-state index >= 15 is 0 Å². The molecule has 0 bridgehead atoms. The molecule has 4 N–H and O–H groups in total. The molecular weight excluding hydrogens is 288 g/mol. The highest BCUT2D eigenvalue weighted by atomic mass is 16.5. The maximum atomic E-state index is 11.9. The Morgan fingerprint density at radius 1 is 0.909 bits per heavy atom. The van der Waals surface area contributed by atoms with Crippen molar-refractivity contribution in [1.82, 2.24) is 9.97 Å². The standard InChI is InChI=1S/C14H22N4O4/c1-5-7(3)21-13(19)9-11(15)18-10(12(16)17-9)14(20)22-8(4)6-2/h7-8H,5-6H2,1-4H3,(H2,16,17)(H2,15,18). The largest absolute Gasteiger partial charge is 0.458 e. The van der Waals surface area contributed by atoms with Crippen LogP contribution < -0.4 is 11.5 Å². The highest BCUT2D eigenvalue weighted by Crippen LogP contribution is 2.17. The summed E-state index contributed by atoms with van der Waals surface area (Å²) in [6.07, 6.45) is 0.719. The van der Waals surface area contributed by atoms with Gasteiger partial charge in [-0.15, -0.1) is 0 Å². The fourth-order valence-electron chi connectivity index (χ4n) is 1.41. The third-order valence-electron chi connectivity index (χ3n) is 3.10. The number of hydrogen-bond acceptors (Lipinski definition) is 8. The summed E-state index contributed by atoms with van der Waals surface area (Å²) in [5.74, 6) is -1.90. The lowest BCUT2D eigenvalue weighted by molar-refractivity contribution is 0.0310. The molecule has 122 valence electrons. The maximum absolute atomic E-state index is 11.9. The van der Waals surface area contributed by atoms with Gasteiger partial charge in [0.15, 0.2) is 23.0 Å². The monoisotopic (exact) mass is 310 g/mol. The number of nitrogens with zero attached hydrogens (tertiary/aromatic N) is 2. The number of esters is 2. The molecule has 1 heterocycles. The summed E-state index contributed by atoms with van der Waals surface area (Å²) in [7, 11) is 0. The average molecular weight is 310 g/mol. The van der Waals surface area contributed by atoms with Crippen molar-refractivity contribution in [2.75, 3.05) is 11.5 Å². The predicted molar refractivity (Wildman–Crippen MR) is 81.2 cm³/mol. The molecule has 0 spiro atoms. The molecule has 1 aromatic heterocycles. The van der Waals surface area contributed by atoms with E-state index in [1.807, 2.05) is 13.8 Å². The number of nitrogens with two attached hydrogens (primary N) is 2. The summed E-state index contributed by atoms with van der Waals surface area (Å²) in [5.41, 5.74) is 10.9. The quantitative estimate of drug-likeness (QED) is 0.757. The van der Waals surface area contributed by atoms with E-state index < -0.39 is 11.9 Å². The zero-order valence-electron chi connectivity index (χ0n) is 13.3. The second-order valence-electron chi connectivity index (χ2n) is 4.94. The lowest BCUT2D eigenvalue weighted by Crippen LogP contribution is -2.22. The molecule has 0 aliphatic carbocycles. The fraction of sp³-hybridized carbons (Fsp3) is 0.571. The minimum atomic E-state index is -0.729. The van der Waals surface area contributed by atoms with Gasteiger partial charge in [-0.25, -0.2) is 19.6 Å². The summed E-state index contributed by atoms with van der Waals surface area (Å²) in [4.78, 5) is 31.5. The molecule has 0 saturated carbocycles. The number of hydrogen-bond donors (Lipinski definition) is 2. The highest BCUT2D eigenvalue weighted by Gasteiger charge is 2.23. The first-order valence-corrected chi connectivity index (χ1v) is 7.15. The van der Waals surface area contributed by atoms with Crippen molar-refractivity contribution in [2.45, 2.75) is 52.7 Å². The molecule has 0 saturated heterocycles. The average Bonchev–Trinajstić information content (AvgIpc) is 2.48. The van der Waals surface area contributed by atoms with Gasteiger partial charge in [0.25, 0.3) is 0 Å². The van der Waals surface area contributed by atoms with Gasteiger partial charge >= 0.3 is 11.9 Å². The van der Waals surface area contributed by atoms with E-state index in [9.17, 15) is 9.59 Å². The fourth-order valence-corrected chi connectivity index (χ4v) is 1.41. The number of anilines is 2. The van der Waals surface area contributed by atoms with E-state index in [0.29, 0.717) is 12.8 Å². The Kier molecular flexibility index (Phi) is 6.09. The molecule has 0 aliphatic heterocycles.